The number of hydrogen-bond donors (Lipinski definition) is 2. The van der Waals surface area contributed by atoms with Crippen LogP contribution in [0.2, 0.25) is 0 Å². The molecular weight excluding hydrogens is 366 g/mol. The highest BCUT2D eigenvalue weighted by atomic mass is 16.3. The quantitative estimate of drug-likeness (QED) is 0.548. The van der Waals surface area contributed by atoms with Crippen LogP contribution in [-0.4, -0.2) is 30.3 Å². The zero-order valence-corrected chi connectivity index (χ0v) is 16.6. The lowest BCUT2D eigenvalue weighted by Gasteiger charge is -2.12. The number of amides is 1. The highest BCUT2D eigenvalue weighted by molar-refractivity contribution is 6.07. The molecule has 0 aliphatic heterocycles. The molecule has 1 amide bonds. The first-order valence-electron chi connectivity index (χ1n) is 9.41. The highest BCUT2D eigenvalue weighted by Crippen LogP contribution is 2.26. The van der Waals surface area contributed by atoms with E-state index in [1.165, 1.54) is 6.33 Å². The fourth-order valence-corrected chi connectivity index (χ4v) is 3.61. The Morgan fingerprint density at radius 2 is 1.86 bits per heavy atom. The predicted molar refractivity (Wildman–Crippen MR) is 112 cm³/mol. The fourth-order valence-electron chi connectivity index (χ4n) is 3.61. The van der Waals surface area contributed by atoms with E-state index >= 15 is 0 Å². The third-order valence-corrected chi connectivity index (χ3v) is 5.23. The number of aliphatic hydroxyl groups excluding tert-OH is 1. The van der Waals surface area contributed by atoms with Crippen molar-refractivity contribution >= 4 is 22.5 Å². The molecule has 2 aromatic heterocycles. The van der Waals surface area contributed by atoms with Crippen molar-refractivity contribution in [2.24, 2.45) is 7.05 Å². The minimum absolute atomic E-state index is 0.168. The third kappa shape index (κ3) is 3.64. The van der Waals surface area contributed by atoms with Crippen molar-refractivity contribution in [3.05, 3.63) is 77.5 Å². The van der Waals surface area contributed by atoms with E-state index in [4.69, 9.17) is 0 Å². The van der Waals surface area contributed by atoms with Crippen LogP contribution in [0.15, 0.2) is 55.1 Å². The summed E-state index contributed by atoms with van der Waals surface area (Å²) in [6, 6.07) is 13.3. The van der Waals surface area contributed by atoms with Crippen molar-refractivity contribution in [3.63, 3.8) is 0 Å². The van der Waals surface area contributed by atoms with Gasteiger partial charge in [0.25, 0.3) is 5.91 Å². The summed E-state index contributed by atoms with van der Waals surface area (Å²) in [4.78, 5) is 16.7. The van der Waals surface area contributed by atoms with Gasteiger partial charge in [-0.15, -0.1) is 0 Å². The first-order chi connectivity index (χ1) is 13.9. The van der Waals surface area contributed by atoms with Gasteiger partial charge in [0.1, 0.15) is 18.3 Å². The van der Waals surface area contributed by atoms with Crippen molar-refractivity contribution < 1.29 is 9.90 Å². The van der Waals surface area contributed by atoms with Crippen LogP contribution >= 0.6 is 0 Å². The lowest BCUT2D eigenvalue weighted by atomic mass is 10.1. The number of carbonyl (C=O) groups excluding carboxylic acids is 1. The van der Waals surface area contributed by atoms with Gasteiger partial charge in [0.2, 0.25) is 0 Å². The average molecular weight is 389 g/mol. The maximum absolute atomic E-state index is 12.9. The van der Waals surface area contributed by atoms with Crippen molar-refractivity contribution in [2.75, 3.05) is 5.32 Å². The zero-order valence-electron chi connectivity index (χ0n) is 16.6. The molecule has 1 atom stereocenters. The molecule has 2 heterocycles. The second kappa shape index (κ2) is 7.52. The summed E-state index contributed by atoms with van der Waals surface area (Å²) >= 11 is 0. The molecule has 0 bridgehead atoms. The summed E-state index contributed by atoms with van der Waals surface area (Å²) in [5.41, 5.74) is 5.37. The number of rotatable bonds is 5. The number of aromatic nitrogens is 4. The van der Waals surface area contributed by atoms with Gasteiger partial charge in [-0.25, -0.2) is 4.98 Å². The smallest absolute Gasteiger partial charge is 0.272 e. The van der Waals surface area contributed by atoms with Crippen LogP contribution < -0.4 is 5.32 Å². The Hall–Kier alpha value is -3.45. The van der Waals surface area contributed by atoms with Gasteiger partial charge in [-0.2, -0.15) is 5.10 Å². The molecule has 0 unspecified atom stereocenters. The third-order valence-electron chi connectivity index (χ3n) is 5.23. The van der Waals surface area contributed by atoms with E-state index in [2.05, 4.69) is 27.5 Å². The molecule has 7 heteroatoms. The zero-order chi connectivity index (χ0) is 20.5. The van der Waals surface area contributed by atoms with Gasteiger partial charge in [0, 0.05) is 18.1 Å². The highest BCUT2D eigenvalue weighted by Gasteiger charge is 2.16. The summed E-state index contributed by atoms with van der Waals surface area (Å²) in [6.45, 7) is 4.42. The van der Waals surface area contributed by atoms with Gasteiger partial charge < -0.3 is 15.0 Å². The fraction of sp³-hybridized carbons (Fsp3) is 0.227. The van der Waals surface area contributed by atoms with Crippen LogP contribution in [0.1, 0.15) is 33.3 Å². The minimum Gasteiger partial charge on any atom is -0.386 e. The molecule has 0 saturated carbocycles. The van der Waals surface area contributed by atoms with Gasteiger partial charge >= 0.3 is 0 Å². The molecule has 4 rings (SSSR count). The van der Waals surface area contributed by atoms with E-state index in [-0.39, 0.29) is 5.91 Å². The molecule has 0 saturated heterocycles. The van der Waals surface area contributed by atoms with Crippen LogP contribution in [0.4, 0.5) is 5.69 Å². The Bertz CT molecular complexity index is 1160. The molecule has 0 radical (unpaired) electrons. The first-order valence-corrected chi connectivity index (χ1v) is 9.41. The molecule has 0 aliphatic carbocycles. The second-order valence-electron chi connectivity index (χ2n) is 7.26. The van der Waals surface area contributed by atoms with Crippen molar-refractivity contribution in [1.82, 2.24) is 19.3 Å². The number of benzene rings is 2. The van der Waals surface area contributed by atoms with Crippen LogP contribution in [0.25, 0.3) is 10.9 Å². The van der Waals surface area contributed by atoms with Gasteiger partial charge in [-0.05, 0) is 48.7 Å². The normalized spacial score (nSPS) is 12.3. The Morgan fingerprint density at radius 3 is 2.52 bits per heavy atom. The van der Waals surface area contributed by atoms with Gasteiger partial charge in [0.05, 0.1) is 18.2 Å². The van der Waals surface area contributed by atoms with Crippen LogP contribution in [0.3, 0.4) is 0 Å². The summed E-state index contributed by atoms with van der Waals surface area (Å²) in [5.74, 6) is -0.168. The number of nitrogens with zero attached hydrogens (tertiary/aromatic N) is 4. The average Bonchev–Trinajstić information content (AvgIpc) is 3.33. The number of hydrogen-bond acceptors (Lipinski definition) is 4. The van der Waals surface area contributed by atoms with Crippen LogP contribution in [0.5, 0.6) is 0 Å². The maximum Gasteiger partial charge on any atom is 0.272 e. The number of anilines is 1. The standard InChI is InChI=1S/C22H23N5O2/c1-14-4-5-15(2)21-18(14)10-19(26(21)3)22(29)25-17-8-6-16(7-9-17)20(28)11-27-13-23-12-24-27/h4-10,12-13,20,28H,11H2,1-3H3,(H,25,29)/t20-/m0/s1. The molecule has 7 nitrogen and oxygen atoms in total. The van der Waals surface area contributed by atoms with E-state index in [0.717, 1.165) is 27.6 Å². The predicted octanol–water partition coefficient (Wildman–Crippen LogP) is 3.37. The van der Waals surface area contributed by atoms with Crippen LogP contribution in [-0.2, 0) is 13.6 Å². The minimum atomic E-state index is -0.703. The topological polar surface area (TPSA) is 85.0 Å². The van der Waals surface area contributed by atoms with E-state index in [1.54, 1.807) is 35.3 Å². The summed E-state index contributed by atoms with van der Waals surface area (Å²) < 4.78 is 3.51. The molecular formula is C22H23N5O2. The van der Waals surface area contributed by atoms with E-state index in [9.17, 15) is 9.90 Å². The first kappa shape index (κ1) is 18.9. The second-order valence-corrected chi connectivity index (χ2v) is 7.26. The molecule has 4 aromatic rings. The largest absolute Gasteiger partial charge is 0.386 e. The summed E-state index contributed by atoms with van der Waals surface area (Å²) in [5, 5.41) is 18.4. The Morgan fingerprint density at radius 1 is 1.14 bits per heavy atom. The Balaban J connectivity index is 1.52. The van der Waals surface area contributed by atoms with Gasteiger partial charge in [-0.3, -0.25) is 9.48 Å². The lowest BCUT2D eigenvalue weighted by molar-refractivity contribution is 0.101. The van der Waals surface area contributed by atoms with Crippen LogP contribution in [0, 0.1) is 13.8 Å². The van der Waals surface area contributed by atoms with Crippen molar-refractivity contribution in [1.29, 1.82) is 0 Å². The summed E-state index contributed by atoms with van der Waals surface area (Å²) in [6.07, 6.45) is 2.29. The molecule has 2 aromatic carbocycles. The number of nitrogens with one attached hydrogen (secondary N) is 1. The van der Waals surface area contributed by atoms with E-state index in [1.807, 2.05) is 31.5 Å². The number of carbonyl (C=O) groups is 1. The van der Waals surface area contributed by atoms with Gasteiger partial charge in [-0.1, -0.05) is 24.3 Å². The molecule has 29 heavy (non-hydrogen) atoms. The van der Waals surface area contributed by atoms with E-state index in [0.29, 0.717) is 17.9 Å². The SMILES string of the molecule is Cc1ccc(C)c2c1cc(C(=O)Nc1ccc([C@@H](O)Cn3cncn3)cc1)n2C. The number of aryl methyl sites for hydroxylation is 3. The molecule has 148 valence electrons. The van der Waals surface area contributed by atoms with Crippen molar-refractivity contribution in [2.45, 2.75) is 26.5 Å². The Labute approximate surface area is 168 Å². The number of fused-ring (bicyclic) bond motifs is 1. The molecule has 0 spiro atoms. The van der Waals surface area contributed by atoms with E-state index < -0.39 is 6.10 Å². The maximum atomic E-state index is 12.9. The monoisotopic (exact) mass is 389 g/mol. The number of aliphatic hydroxyl groups is 1. The molecule has 0 fully saturated rings. The summed E-state index contributed by atoms with van der Waals surface area (Å²) in [7, 11) is 1.91. The molecule has 0 aliphatic rings. The van der Waals surface area contributed by atoms with Gasteiger partial charge in [0.15, 0.2) is 0 Å². The molecule has 2 N–H and O–H groups in total. The lowest BCUT2D eigenvalue weighted by Crippen LogP contribution is -2.15. The van der Waals surface area contributed by atoms with Crippen molar-refractivity contribution in [3.8, 4) is 0 Å². The Kier molecular flexibility index (Phi) is 4.90.